The third-order valence-electron chi connectivity index (χ3n) is 2.74. The Morgan fingerprint density at radius 1 is 1.50 bits per heavy atom. The Labute approximate surface area is 76.1 Å². The van der Waals surface area contributed by atoms with E-state index < -0.39 is 0 Å². The lowest BCUT2D eigenvalue weighted by atomic mass is 9.98. The zero-order chi connectivity index (χ0) is 7.14. The van der Waals surface area contributed by atoms with E-state index in [2.05, 4.69) is 37.8 Å². The molecule has 0 spiro atoms. The molecular weight excluding hydrogens is 239 g/mol. The predicted octanol–water partition coefficient (Wildman–Crippen LogP) is 1.11. The van der Waals surface area contributed by atoms with Gasteiger partial charge in [0.15, 0.2) is 0 Å². The molecule has 2 atom stereocenters. The number of fused-ring (bicyclic) bond motifs is 1. The van der Waals surface area contributed by atoms with E-state index in [9.17, 15) is 0 Å². The van der Waals surface area contributed by atoms with Crippen LogP contribution < -0.4 is 0 Å². The number of likely N-dealkylation sites (N-methyl/N-ethyl adjacent to an activating group) is 1. The molecule has 0 aromatic heterocycles. The van der Waals surface area contributed by atoms with E-state index in [1.807, 2.05) is 0 Å². The fourth-order valence-corrected chi connectivity index (χ4v) is 2.86. The molecule has 0 radical (unpaired) electrons. The normalized spacial score (nSPS) is 41.4. The second kappa shape index (κ2) is 2.60. The van der Waals surface area contributed by atoms with E-state index in [0.29, 0.717) is 0 Å². The number of halogens is 1. The molecule has 0 aromatic carbocycles. The van der Waals surface area contributed by atoms with Gasteiger partial charge >= 0.3 is 0 Å². The van der Waals surface area contributed by atoms with E-state index in [4.69, 9.17) is 0 Å². The fraction of sp³-hybridized carbons (Fsp3) is 1.00. The van der Waals surface area contributed by atoms with Gasteiger partial charge in [0, 0.05) is 48.0 Å². The van der Waals surface area contributed by atoms with Gasteiger partial charge in [0.05, 0.1) is 0 Å². The van der Waals surface area contributed by atoms with Crippen molar-refractivity contribution in [2.24, 2.45) is 0 Å². The number of hydrogen-bond acceptors (Lipinski definition) is 2. The van der Waals surface area contributed by atoms with Crippen molar-refractivity contribution in [2.75, 3.05) is 19.6 Å². The Hall–Kier alpha value is 0.650. The van der Waals surface area contributed by atoms with Crippen molar-refractivity contribution in [2.45, 2.75) is 25.4 Å². The highest BCUT2D eigenvalue weighted by Gasteiger charge is 2.44. The maximum absolute atomic E-state index is 2.57. The topological polar surface area (TPSA) is 6.48 Å². The third-order valence-corrected chi connectivity index (χ3v) is 3.94. The first-order chi connectivity index (χ1) is 4.83. The molecule has 58 valence electrons. The molecule has 0 N–H and O–H groups in total. The van der Waals surface area contributed by atoms with E-state index in [-0.39, 0.29) is 0 Å². The Morgan fingerprint density at radius 3 is 2.90 bits per heavy atom. The van der Waals surface area contributed by atoms with Crippen LogP contribution in [0.15, 0.2) is 0 Å². The van der Waals surface area contributed by atoms with Crippen molar-refractivity contribution in [1.29, 1.82) is 0 Å². The summed E-state index contributed by atoms with van der Waals surface area (Å²) < 4.78 is 2.47. The molecule has 3 heteroatoms. The Bertz CT molecular complexity index is 140. The van der Waals surface area contributed by atoms with Crippen molar-refractivity contribution in [3.8, 4) is 0 Å². The summed E-state index contributed by atoms with van der Waals surface area (Å²) in [6.45, 7) is 6.11. The molecule has 0 amide bonds. The van der Waals surface area contributed by atoms with Crippen molar-refractivity contribution in [3.05, 3.63) is 0 Å². The summed E-state index contributed by atoms with van der Waals surface area (Å²) in [4.78, 5) is 2.57. The van der Waals surface area contributed by atoms with Gasteiger partial charge in [0.25, 0.3) is 0 Å². The fourth-order valence-electron chi connectivity index (χ4n) is 2.04. The van der Waals surface area contributed by atoms with E-state index in [1.165, 1.54) is 26.1 Å². The van der Waals surface area contributed by atoms with Crippen LogP contribution in [0.25, 0.3) is 0 Å². The van der Waals surface area contributed by atoms with Crippen LogP contribution in [0.5, 0.6) is 0 Å². The Kier molecular flexibility index (Phi) is 1.90. The van der Waals surface area contributed by atoms with Crippen molar-refractivity contribution in [1.82, 2.24) is 8.01 Å². The average Bonchev–Trinajstić information content (AvgIpc) is 2.10. The van der Waals surface area contributed by atoms with Gasteiger partial charge in [-0.1, -0.05) is 6.92 Å². The SMILES string of the molecule is CCN1CC2C1CCN2I. The lowest BCUT2D eigenvalue weighted by Gasteiger charge is -2.45. The van der Waals surface area contributed by atoms with E-state index in [0.717, 1.165) is 12.1 Å². The molecule has 2 saturated heterocycles. The van der Waals surface area contributed by atoms with Gasteiger partial charge in [-0.05, 0) is 13.0 Å². The highest BCUT2D eigenvalue weighted by Crippen LogP contribution is 2.33. The molecule has 2 unspecified atom stereocenters. The van der Waals surface area contributed by atoms with Crippen LogP contribution in [-0.4, -0.2) is 39.7 Å². The Morgan fingerprint density at radius 2 is 2.30 bits per heavy atom. The van der Waals surface area contributed by atoms with E-state index >= 15 is 0 Å². The molecule has 2 rings (SSSR count). The van der Waals surface area contributed by atoms with Gasteiger partial charge < -0.3 is 0 Å². The second-order valence-corrected chi connectivity index (χ2v) is 4.37. The van der Waals surface area contributed by atoms with Crippen LogP contribution in [0.4, 0.5) is 0 Å². The van der Waals surface area contributed by atoms with Gasteiger partial charge in [-0.15, -0.1) is 0 Å². The Balaban J connectivity index is 1.96. The maximum Gasteiger partial charge on any atom is 0.0477 e. The number of likely N-dealkylation sites (tertiary alicyclic amines) is 1. The highest BCUT2D eigenvalue weighted by atomic mass is 127. The van der Waals surface area contributed by atoms with E-state index in [1.54, 1.807) is 0 Å². The van der Waals surface area contributed by atoms with Crippen LogP contribution in [0.1, 0.15) is 13.3 Å². The minimum Gasteiger partial charge on any atom is -0.297 e. The van der Waals surface area contributed by atoms with Gasteiger partial charge in [-0.2, -0.15) is 0 Å². The first kappa shape index (κ1) is 7.31. The van der Waals surface area contributed by atoms with Crippen molar-refractivity contribution < 1.29 is 0 Å². The quantitative estimate of drug-likeness (QED) is 0.509. The van der Waals surface area contributed by atoms with Gasteiger partial charge in [-0.3, -0.25) is 4.90 Å². The molecule has 0 bridgehead atoms. The molecule has 2 fully saturated rings. The first-order valence-electron chi connectivity index (χ1n) is 3.99. The molecule has 0 saturated carbocycles. The maximum atomic E-state index is 2.57. The summed E-state index contributed by atoms with van der Waals surface area (Å²) >= 11 is 2.46. The highest BCUT2D eigenvalue weighted by molar-refractivity contribution is 14.1. The molecule has 10 heavy (non-hydrogen) atoms. The number of rotatable bonds is 1. The molecule has 2 heterocycles. The minimum atomic E-state index is 0.889. The molecule has 2 aliphatic heterocycles. The minimum absolute atomic E-state index is 0.889. The van der Waals surface area contributed by atoms with Gasteiger partial charge in [0.1, 0.15) is 0 Å². The van der Waals surface area contributed by atoms with Gasteiger partial charge in [-0.25, -0.2) is 3.11 Å². The van der Waals surface area contributed by atoms with Crippen molar-refractivity contribution >= 4 is 22.9 Å². The van der Waals surface area contributed by atoms with Crippen molar-refractivity contribution in [3.63, 3.8) is 0 Å². The summed E-state index contributed by atoms with van der Waals surface area (Å²) in [5.41, 5.74) is 0. The van der Waals surface area contributed by atoms with Crippen LogP contribution in [0, 0.1) is 0 Å². The number of hydrogen-bond donors (Lipinski definition) is 0. The zero-order valence-electron chi connectivity index (χ0n) is 6.26. The first-order valence-corrected chi connectivity index (χ1v) is 4.96. The van der Waals surface area contributed by atoms with Crippen LogP contribution in [-0.2, 0) is 0 Å². The summed E-state index contributed by atoms with van der Waals surface area (Å²) in [6, 6.07) is 1.79. The summed E-state index contributed by atoms with van der Waals surface area (Å²) in [5.74, 6) is 0. The van der Waals surface area contributed by atoms with Crippen LogP contribution in [0.3, 0.4) is 0 Å². The average molecular weight is 252 g/mol. The van der Waals surface area contributed by atoms with Gasteiger partial charge in [0.2, 0.25) is 0 Å². The van der Waals surface area contributed by atoms with Crippen LogP contribution in [0.2, 0.25) is 0 Å². The standard InChI is InChI=1S/C7H13IN2/c1-2-9-5-7-6(9)3-4-10(7)8/h6-7H,2-5H2,1H3. The van der Waals surface area contributed by atoms with Crippen LogP contribution >= 0.6 is 22.9 Å². The third kappa shape index (κ3) is 0.905. The molecule has 0 aromatic rings. The lowest BCUT2D eigenvalue weighted by molar-refractivity contribution is 0.0625. The summed E-state index contributed by atoms with van der Waals surface area (Å²) in [5, 5.41) is 0. The monoisotopic (exact) mass is 252 g/mol. The molecule has 0 aliphatic carbocycles. The smallest absolute Gasteiger partial charge is 0.0477 e. The second-order valence-electron chi connectivity index (χ2n) is 3.13. The number of nitrogens with zero attached hydrogens (tertiary/aromatic N) is 2. The molecule has 2 aliphatic rings. The largest absolute Gasteiger partial charge is 0.297 e. The predicted molar refractivity (Wildman–Crippen MR) is 50.2 cm³/mol. The lowest BCUT2D eigenvalue weighted by Crippen LogP contribution is -2.59. The zero-order valence-corrected chi connectivity index (χ0v) is 8.41. The summed E-state index contributed by atoms with van der Waals surface area (Å²) in [6.07, 6.45) is 1.39. The summed E-state index contributed by atoms with van der Waals surface area (Å²) in [7, 11) is 0. The molecular formula is C7H13IN2. The molecule has 2 nitrogen and oxygen atoms in total.